The number of phosphoric acid groups is 1. The molecule has 0 amide bonds. The molecule has 0 aliphatic heterocycles. The summed E-state index contributed by atoms with van der Waals surface area (Å²) in [7, 11) is -4.64. The smallest absolute Gasteiger partial charge is 0.360 e. The molecule has 0 bridgehead atoms. The summed E-state index contributed by atoms with van der Waals surface area (Å²) in [6, 6.07) is 0. The fraction of sp³-hybridized carbons (Fsp3) is 0.750. The van der Waals surface area contributed by atoms with Gasteiger partial charge in [-0.2, -0.15) is 0 Å². The molecule has 0 saturated carbocycles. The molecule has 0 aliphatic carbocycles. The van der Waals surface area contributed by atoms with Gasteiger partial charge in [-0.15, -0.1) is 0 Å². The van der Waals surface area contributed by atoms with Crippen LogP contribution < -0.4 is 0 Å². The molecule has 5 N–H and O–H groups in total. The predicted octanol–water partition coefficient (Wildman–Crippen LogP) is -1.65. The van der Waals surface area contributed by atoms with Crippen molar-refractivity contribution >= 4 is 13.6 Å². The molecular weight excluding hydrogens is 191 g/mol. The number of hydrogen-bond acceptors (Lipinski definition) is 4. The van der Waals surface area contributed by atoms with Crippen LogP contribution in [0.5, 0.6) is 0 Å². The first-order chi connectivity index (χ1) is 4.94. The minimum Gasteiger partial charge on any atom is -0.360 e. The summed E-state index contributed by atoms with van der Waals surface area (Å²) in [5.41, 5.74) is 0. The number of hydrogen-bond donors (Lipinski definition) is 5. The Morgan fingerprint density at radius 2 is 1.33 bits per heavy atom. The van der Waals surface area contributed by atoms with Crippen molar-refractivity contribution in [1.29, 1.82) is 0 Å². The van der Waals surface area contributed by atoms with E-state index in [0.29, 0.717) is 0 Å². The van der Waals surface area contributed by atoms with E-state index in [1.807, 2.05) is 0 Å². The van der Waals surface area contributed by atoms with Crippen LogP contribution in [0.3, 0.4) is 0 Å². The molecule has 0 spiro atoms. The van der Waals surface area contributed by atoms with Crippen molar-refractivity contribution in [2.24, 2.45) is 0 Å². The maximum absolute atomic E-state index is 9.97. The molecule has 0 aromatic heterocycles. The van der Waals surface area contributed by atoms with Gasteiger partial charge in [-0.25, -0.2) is 4.57 Å². The summed E-state index contributed by atoms with van der Waals surface area (Å²) in [5.74, 6) is -2.78. The Balaban J connectivity index is 0. The molecule has 0 rings (SSSR count). The van der Waals surface area contributed by atoms with Crippen LogP contribution in [-0.4, -0.2) is 36.5 Å². The first-order valence-electron chi connectivity index (χ1n) is 2.68. The molecule has 0 atom stereocenters. The third-order valence-electron chi connectivity index (χ3n) is 0.667. The van der Waals surface area contributed by atoms with Crippen molar-refractivity contribution in [1.82, 2.24) is 0 Å². The van der Waals surface area contributed by atoms with Gasteiger partial charge in [0.25, 0.3) is 0 Å². The fourth-order valence-corrected chi connectivity index (χ4v) is 0. The van der Waals surface area contributed by atoms with Gasteiger partial charge in [0.15, 0.2) is 5.78 Å². The highest BCUT2D eigenvalue weighted by molar-refractivity contribution is 7.45. The van der Waals surface area contributed by atoms with Gasteiger partial charge in [0, 0.05) is 6.92 Å². The first-order valence-corrected chi connectivity index (χ1v) is 4.25. The van der Waals surface area contributed by atoms with Crippen LogP contribution in [0, 0.1) is 0 Å². The Labute approximate surface area is 68.5 Å². The van der Waals surface area contributed by atoms with Gasteiger partial charge in [0.1, 0.15) is 0 Å². The van der Waals surface area contributed by atoms with Crippen LogP contribution in [-0.2, 0) is 9.36 Å². The summed E-state index contributed by atoms with van der Waals surface area (Å²) in [4.78, 5) is 31.5. The third kappa shape index (κ3) is 22.6. The molecule has 0 fully saturated rings. The van der Waals surface area contributed by atoms with Gasteiger partial charge in [-0.1, -0.05) is 0 Å². The zero-order valence-corrected chi connectivity index (χ0v) is 7.39. The molecule has 0 aromatic rings. The molecule has 7 nitrogen and oxygen atoms in total. The minimum absolute atomic E-state index is 0.646. The lowest BCUT2D eigenvalue weighted by Crippen LogP contribution is -2.31. The summed E-state index contributed by atoms with van der Waals surface area (Å²) in [5, 5.41) is 16.6. The lowest BCUT2D eigenvalue weighted by molar-refractivity contribution is -0.173. The van der Waals surface area contributed by atoms with E-state index in [1.165, 1.54) is 0 Å². The van der Waals surface area contributed by atoms with E-state index < -0.39 is 19.4 Å². The zero-order chi connectivity index (χ0) is 10.6. The summed E-state index contributed by atoms with van der Waals surface area (Å²) >= 11 is 0. The van der Waals surface area contributed by atoms with Crippen molar-refractivity contribution in [3.63, 3.8) is 0 Å². The second-order valence-electron chi connectivity index (χ2n) is 2.09. The molecule has 0 unspecified atom stereocenters. The van der Waals surface area contributed by atoms with Crippen molar-refractivity contribution in [2.75, 3.05) is 0 Å². The van der Waals surface area contributed by atoms with E-state index >= 15 is 0 Å². The average Bonchev–Trinajstić information content (AvgIpc) is 1.55. The Hall–Kier alpha value is -0.300. The molecular formula is C4H11O7P. The molecule has 12 heavy (non-hydrogen) atoms. The third-order valence-corrected chi connectivity index (χ3v) is 0.667. The summed E-state index contributed by atoms with van der Waals surface area (Å²) in [6.45, 7) is 2.13. The Morgan fingerprint density at radius 3 is 1.33 bits per heavy atom. The maximum atomic E-state index is 9.97. The maximum Gasteiger partial charge on any atom is 0.466 e. The molecule has 74 valence electrons. The van der Waals surface area contributed by atoms with Crippen LogP contribution in [0.2, 0.25) is 0 Å². The summed E-state index contributed by atoms with van der Waals surface area (Å²) < 4.78 is 8.88. The average molecular weight is 202 g/mol. The van der Waals surface area contributed by atoms with E-state index in [-0.39, 0.29) is 0 Å². The van der Waals surface area contributed by atoms with Crippen molar-refractivity contribution in [3.05, 3.63) is 0 Å². The molecule has 0 aliphatic rings. The molecule has 8 heteroatoms. The van der Waals surface area contributed by atoms with Crippen molar-refractivity contribution in [3.8, 4) is 0 Å². The highest BCUT2D eigenvalue weighted by Crippen LogP contribution is 2.25. The number of rotatable bonds is 1. The molecule has 0 heterocycles. The molecule has 0 aromatic carbocycles. The van der Waals surface area contributed by atoms with Crippen LogP contribution >= 0.6 is 7.82 Å². The van der Waals surface area contributed by atoms with Crippen LogP contribution in [0.25, 0.3) is 0 Å². The highest BCUT2D eigenvalue weighted by atomic mass is 31.2. The minimum atomic E-state index is -4.64. The summed E-state index contributed by atoms with van der Waals surface area (Å²) in [6.07, 6.45) is 0. The van der Waals surface area contributed by atoms with Gasteiger partial charge in [0.05, 0.1) is 0 Å². The monoisotopic (exact) mass is 202 g/mol. The standard InChI is InChI=1S/C4H8O3.H3O4P/c1-3(5)4(2,6)7;1-5(2,3)4/h6-7H,1-2H3;(H3,1,2,3,4). The van der Waals surface area contributed by atoms with Gasteiger partial charge in [0.2, 0.25) is 5.79 Å². The lowest BCUT2D eigenvalue weighted by atomic mass is 10.2. The number of aliphatic hydroxyl groups is 2. The van der Waals surface area contributed by atoms with E-state index in [0.717, 1.165) is 13.8 Å². The topological polar surface area (TPSA) is 135 Å². The second kappa shape index (κ2) is 4.66. The second-order valence-corrected chi connectivity index (χ2v) is 3.12. The van der Waals surface area contributed by atoms with E-state index in [9.17, 15) is 4.79 Å². The normalized spacial score (nSPS) is 11.6. The van der Waals surface area contributed by atoms with Crippen LogP contribution in [0.4, 0.5) is 0 Å². The van der Waals surface area contributed by atoms with Gasteiger partial charge >= 0.3 is 7.82 Å². The quantitative estimate of drug-likeness (QED) is 0.254. The van der Waals surface area contributed by atoms with E-state index in [2.05, 4.69) is 0 Å². The van der Waals surface area contributed by atoms with Crippen molar-refractivity contribution < 1.29 is 34.3 Å². The SMILES string of the molecule is CC(=O)C(C)(O)O.O=P(O)(O)O. The number of Topliss-reactive ketones (excluding diaryl/α,β-unsaturated/α-hetero) is 1. The first kappa shape index (κ1) is 14.2. The number of carbonyl (C=O) groups excluding carboxylic acids is 1. The predicted molar refractivity (Wildman–Crippen MR) is 37.8 cm³/mol. The Morgan fingerprint density at radius 1 is 1.25 bits per heavy atom. The van der Waals surface area contributed by atoms with Crippen molar-refractivity contribution in [2.45, 2.75) is 19.6 Å². The largest absolute Gasteiger partial charge is 0.466 e. The number of ketones is 1. The zero-order valence-electron chi connectivity index (χ0n) is 6.50. The van der Waals surface area contributed by atoms with Crippen LogP contribution in [0.15, 0.2) is 0 Å². The van der Waals surface area contributed by atoms with Gasteiger partial charge < -0.3 is 24.9 Å². The molecule has 0 radical (unpaired) electrons. The van der Waals surface area contributed by atoms with E-state index in [4.69, 9.17) is 29.5 Å². The lowest BCUT2D eigenvalue weighted by Gasteiger charge is -2.08. The molecule has 0 saturated heterocycles. The Bertz CT molecular complexity index is 178. The van der Waals surface area contributed by atoms with Gasteiger partial charge in [-0.05, 0) is 6.92 Å². The van der Waals surface area contributed by atoms with E-state index in [1.54, 1.807) is 0 Å². The fourth-order valence-electron chi connectivity index (χ4n) is 0. The number of carbonyl (C=O) groups is 1. The Kier molecular flexibility index (Phi) is 5.53. The van der Waals surface area contributed by atoms with Gasteiger partial charge in [-0.3, -0.25) is 4.79 Å². The highest BCUT2D eigenvalue weighted by Gasteiger charge is 2.20. The van der Waals surface area contributed by atoms with Crippen LogP contribution in [0.1, 0.15) is 13.8 Å².